The Bertz CT molecular complexity index is 507. The van der Waals surface area contributed by atoms with E-state index < -0.39 is 0 Å². The largest absolute Gasteiger partial charge is 0.306 e. The van der Waals surface area contributed by atoms with Crippen LogP contribution >= 0.6 is 70.5 Å². The van der Waals surface area contributed by atoms with Gasteiger partial charge in [-0.2, -0.15) is 0 Å². The SMILES string of the molecule is CCNC(c1cc(Br)sc1Br)c1sccc1Br. The molecule has 0 aliphatic heterocycles. The first kappa shape index (κ1) is 14.2. The summed E-state index contributed by atoms with van der Waals surface area (Å²) in [5.74, 6) is 0. The topological polar surface area (TPSA) is 12.0 Å². The van der Waals surface area contributed by atoms with Gasteiger partial charge in [0.15, 0.2) is 0 Å². The summed E-state index contributed by atoms with van der Waals surface area (Å²) in [4.78, 5) is 1.32. The van der Waals surface area contributed by atoms with Crippen LogP contribution in [0, 0.1) is 0 Å². The van der Waals surface area contributed by atoms with Gasteiger partial charge < -0.3 is 5.32 Å². The van der Waals surface area contributed by atoms with Crippen molar-refractivity contribution in [2.45, 2.75) is 13.0 Å². The Hall–Kier alpha value is 0.800. The number of rotatable bonds is 4. The molecule has 92 valence electrons. The average Bonchev–Trinajstić information content (AvgIpc) is 2.82. The molecule has 2 heterocycles. The molecule has 0 saturated carbocycles. The molecular weight excluding hydrogens is 450 g/mol. The van der Waals surface area contributed by atoms with Crippen LogP contribution in [0.5, 0.6) is 0 Å². The van der Waals surface area contributed by atoms with Crippen LogP contribution in [0.2, 0.25) is 0 Å². The minimum atomic E-state index is 0.242. The van der Waals surface area contributed by atoms with Gasteiger partial charge >= 0.3 is 0 Å². The van der Waals surface area contributed by atoms with Gasteiger partial charge in [-0.3, -0.25) is 0 Å². The fourth-order valence-corrected chi connectivity index (χ4v) is 6.21. The molecule has 2 aromatic rings. The van der Waals surface area contributed by atoms with Crippen LogP contribution < -0.4 is 5.32 Å². The number of nitrogens with one attached hydrogen (secondary N) is 1. The molecule has 2 rings (SSSR count). The van der Waals surface area contributed by atoms with E-state index >= 15 is 0 Å². The maximum absolute atomic E-state index is 3.64. The van der Waals surface area contributed by atoms with Crippen LogP contribution in [-0.4, -0.2) is 6.54 Å². The Morgan fingerprint density at radius 1 is 1.35 bits per heavy atom. The van der Waals surface area contributed by atoms with Crippen LogP contribution in [0.3, 0.4) is 0 Å². The molecule has 1 unspecified atom stereocenters. The van der Waals surface area contributed by atoms with Crippen molar-refractivity contribution in [2.75, 3.05) is 6.54 Å². The predicted octanol–water partition coefficient (Wildman–Crippen LogP) is 5.80. The molecule has 1 atom stereocenters. The van der Waals surface area contributed by atoms with Gasteiger partial charge in [-0.1, -0.05) is 6.92 Å². The Labute approximate surface area is 134 Å². The van der Waals surface area contributed by atoms with Gasteiger partial charge in [-0.15, -0.1) is 22.7 Å². The summed E-state index contributed by atoms with van der Waals surface area (Å²) in [5, 5.41) is 5.64. The lowest BCUT2D eigenvalue weighted by Gasteiger charge is -2.16. The van der Waals surface area contributed by atoms with Crippen LogP contribution in [0.1, 0.15) is 23.4 Å². The zero-order chi connectivity index (χ0) is 12.4. The second-order valence-electron chi connectivity index (χ2n) is 3.40. The fourth-order valence-electron chi connectivity index (χ4n) is 1.61. The minimum absolute atomic E-state index is 0.242. The smallest absolute Gasteiger partial charge is 0.0762 e. The van der Waals surface area contributed by atoms with Crippen molar-refractivity contribution in [3.63, 3.8) is 0 Å². The van der Waals surface area contributed by atoms with Crippen molar-refractivity contribution in [3.8, 4) is 0 Å². The van der Waals surface area contributed by atoms with E-state index in [0.717, 1.165) is 10.3 Å². The van der Waals surface area contributed by atoms with Gasteiger partial charge in [0.25, 0.3) is 0 Å². The summed E-state index contributed by atoms with van der Waals surface area (Å²) in [5.41, 5.74) is 1.28. The molecule has 0 bridgehead atoms. The molecule has 0 aromatic carbocycles. The summed E-state index contributed by atoms with van der Waals surface area (Å²) < 4.78 is 3.49. The van der Waals surface area contributed by atoms with Crippen molar-refractivity contribution in [1.82, 2.24) is 5.32 Å². The lowest BCUT2D eigenvalue weighted by molar-refractivity contribution is 0.638. The molecule has 17 heavy (non-hydrogen) atoms. The minimum Gasteiger partial charge on any atom is -0.306 e. The fraction of sp³-hybridized carbons (Fsp3) is 0.273. The molecule has 1 N–H and O–H groups in total. The molecule has 0 fully saturated rings. The monoisotopic (exact) mass is 457 g/mol. The molecule has 0 saturated heterocycles. The van der Waals surface area contributed by atoms with Gasteiger partial charge in [0.1, 0.15) is 0 Å². The van der Waals surface area contributed by atoms with Crippen molar-refractivity contribution < 1.29 is 0 Å². The van der Waals surface area contributed by atoms with Crippen LogP contribution in [0.25, 0.3) is 0 Å². The van der Waals surface area contributed by atoms with Gasteiger partial charge in [0.05, 0.1) is 13.6 Å². The molecule has 1 nitrogen and oxygen atoms in total. The van der Waals surface area contributed by atoms with E-state index in [1.807, 2.05) is 0 Å². The number of hydrogen-bond acceptors (Lipinski definition) is 3. The Morgan fingerprint density at radius 3 is 2.59 bits per heavy atom. The van der Waals surface area contributed by atoms with Gasteiger partial charge in [-0.25, -0.2) is 0 Å². The number of thiophene rings is 2. The highest BCUT2D eigenvalue weighted by atomic mass is 79.9. The van der Waals surface area contributed by atoms with Gasteiger partial charge in [0, 0.05) is 14.9 Å². The highest BCUT2D eigenvalue weighted by molar-refractivity contribution is 9.12. The highest BCUT2D eigenvalue weighted by Gasteiger charge is 2.21. The third-order valence-electron chi connectivity index (χ3n) is 2.31. The van der Waals surface area contributed by atoms with E-state index in [0.29, 0.717) is 0 Å². The lowest BCUT2D eigenvalue weighted by Crippen LogP contribution is -2.21. The summed E-state index contributed by atoms with van der Waals surface area (Å²) in [6, 6.07) is 4.51. The molecule has 0 aliphatic carbocycles. The van der Waals surface area contributed by atoms with E-state index in [4.69, 9.17) is 0 Å². The average molecular weight is 460 g/mol. The zero-order valence-corrected chi connectivity index (χ0v) is 15.4. The Kier molecular flexibility index (Phi) is 5.27. The van der Waals surface area contributed by atoms with Crippen molar-refractivity contribution in [2.24, 2.45) is 0 Å². The van der Waals surface area contributed by atoms with Crippen molar-refractivity contribution in [1.29, 1.82) is 0 Å². The lowest BCUT2D eigenvalue weighted by atomic mass is 10.1. The van der Waals surface area contributed by atoms with E-state index in [2.05, 4.69) is 77.5 Å². The van der Waals surface area contributed by atoms with Crippen LogP contribution in [-0.2, 0) is 0 Å². The standard InChI is InChI=1S/C11H10Br3NS2/c1-2-15-9(10-7(12)3-4-16-10)6-5-8(13)17-11(6)14/h3-5,9,15H,2H2,1H3. The number of hydrogen-bond donors (Lipinski definition) is 1. The first-order chi connectivity index (χ1) is 8.13. The maximum atomic E-state index is 3.64. The molecule has 0 radical (unpaired) electrons. The normalized spacial score (nSPS) is 12.9. The maximum Gasteiger partial charge on any atom is 0.0762 e. The van der Waals surface area contributed by atoms with Crippen molar-refractivity contribution in [3.05, 3.63) is 40.0 Å². The van der Waals surface area contributed by atoms with E-state index in [9.17, 15) is 0 Å². The second-order valence-corrected chi connectivity index (χ2v) is 8.95. The summed E-state index contributed by atoms with van der Waals surface area (Å²) >= 11 is 14.3. The number of halogens is 3. The molecular formula is C11H10Br3NS2. The first-order valence-electron chi connectivity index (χ1n) is 5.04. The van der Waals surface area contributed by atoms with Crippen LogP contribution in [0.15, 0.2) is 29.6 Å². The molecule has 0 amide bonds. The molecule has 2 aromatic heterocycles. The zero-order valence-electron chi connectivity index (χ0n) is 8.97. The Morgan fingerprint density at radius 2 is 2.12 bits per heavy atom. The van der Waals surface area contributed by atoms with Gasteiger partial charge in [0.2, 0.25) is 0 Å². The third-order valence-corrected chi connectivity index (χ3v) is 6.63. The molecule has 0 spiro atoms. The Balaban J connectivity index is 2.42. The van der Waals surface area contributed by atoms with Crippen LogP contribution in [0.4, 0.5) is 0 Å². The first-order valence-corrected chi connectivity index (χ1v) is 9.12. The van der Waals surface area contributed by atoms with Crippen molar-refractivity contribution >= 4 is 70.5 Å². The van der Waals surface area contributed by atoms with E-state index in [1.54, 1.807) is 22.7 Å². The highest BCUT2D eigenvalue weighted by Crippen LogP contribution is 2.41. The summed E-state index contributed by atoms with van der Waals surface area (Å²) in [6.45, 7) is 3.07. The molecule has 6 heteroatoms. The predicted molar refractivity (Wildman–Crippen MR) is 87.3 cm³/mol. The quantitative estimate of drug-likeness (QED) is 0.609. The van der Waals surface area contributed by atoms with E-state index in [-0.39, 0.29) is 6.04 Å². The second kappa shape index (κ2) is 6.30. The van der Waals surface area contributed by atoms with Gasteiger partial charge in [-0.05, 0) is 71.8 Å². The summed E-state index contributed by atoms with van der Waals surface area (Å²) in [6.07, 6.45) is 0. The molecule has 0 aliphatic rings. The third kappa shape index (κ3) is 3.22. The van der Waals surface area contributed by atoms with E-state index in [1.165, 1.54) is 18.7 Å². The summed E-state index contributed by atoms with van der Waals surface area (Å²) in [7, 11) is 0.